The van der Waals surface area contributed by atoms with Crippen LogP contribution in [0.4, 0.5) is 10.8 Å². The van der Waals surface area contributed by atoms with E-state index in [0.717, 1.165) is 16.6 Å². The van der Waals surface area contributed by atoms with Crippen molar-refractivity contribution < 1.29 is 9.90 Å². The average Bonchev–Trinajstić information content (AvgIpc) is 2.86. The van der Waals surface area contributed by atoms with Crippen LogP contribution in [0.3, 0.4) is 0 Å². The molecule has 0 saturated heterocycles. The van der Waals surface area contributed by atoms with E-state index in [1.165, 1.54) is 11.3 Å². The predicted molar refractivity (Wildman–Crippen MR) is 78.5 cm³/mol. The van der Waals surface area contributed by atoms with Crippen LogP contribution in [0, 0.1) is 0 Å². The number of carboxylic acids is 1. The molecule has 6 heteroatoms. The molecule has 0 saturated carbocycles. The number of carboxylic acid groups (broad SMARTS) is 1. The summed E-state index contributed by atoms with van der Waals surface area (Å²) in [6, 6.07) is 9.67. The van der Waals surface area contributed by atoms with Crippen LogP contribution < -0.4 is 5.32 Å². The highest BCUT2D eigenvalue weighted by atomic mass is 32.1. The molecule has 5 nitrogen and oxygen atoms in total. The minimum Gasteiger partial charge on any atom is -0.481 e. The molecular weight excluding hydrogens is 274 g/mol. The van der Waals surface area contributed by atoms with E-state index >= 15 is 0 Å². The third-order valence-electron chi connectivity index (χ3n) is 2.77. The molecule has 100 valence electrons. The fourth-order valence-corrected chi connectivity index (χ4v) is 2.65. The number of nitrogens with zero attached hydrogens (tertiary/aromatic N) is 2. The Bertz CT molecular complexity index is 764. The zero-order valence-electron chi connectivity index (χ0n) is 10.4. The van der Waals surface area contributed by atoms with Gasteiger partial charge in [0.15, 0.2) is 5.13 Å². The first kappa shape index (κ1) is 12.6. The van der Waals surface area contributed by atoms with E-state index in [4.69, 9.17) is 5.11 Å². The Labute approximate surface area is 118 Å². The summed E-state index contributed by atoms with van der Waals surface area (Å²) in [6.07, 6.45) is 1.69. The topological polar surface area (TPSA) is 75.1 Å². The summed E-state index contributed by atoms with van der Waals surface area (Å²) in [5, 5.41) is 15.4. The first-order valence-electron chi connectivity index (χ1n) is 5.99. The number of aliphatic carboxylic acids is 1. The van der Waals surface area contributed by atoms with E-state index < -0.39 is 5.97 Å². The molecular formula is C14H11N3O2S. The normalized spacial score (nSPS) is 10.6. The average molecular weight is 285 g/mol. The third kappa shape index (κ3) is 2.60. The van der Waals surface area contributed by atoms with Crippen LogP contribution in [0.5, 0.6) is 0 Å². The van der Waals surface area contributed by atoms with E-state index in [-0.39, 0.29) is 6.42 Å². The van der Waals surface area contributed by atoms with Crippen LogP contribution in [0.1, 0.15) is 5.69 Å². The zero-order valence-corrected chi connectivity index (χ0v) is 11.2. The lowest BCUT2D eigenvalue weighted by Crippen LogP contribution is -2.00. The number of aromatic nitrogens is 2. The van der Waals surface area contributed by atoms with Crippen molar-refractivity contribution in [2.45, 2.75) is 6.42 Å². The summed E-state index contributed by atoms with van der Waals surface area (Å²) < 4.78 is 0. The maximum absolute atomic E-state index is 10.6. The Morgan fingerprint density at radius 2 is 2.20 bits per heavy atom. The number of hydrogen-bond donors (Lipinski definition) is 2. The van der Waals surface area contributed by atoms with Crippen molar-refractivity contribution in [3.63, 3.8) is 0 Å². The zero-order chi connectivity index (χ0) is 13.9. The fraction of sp³-hybridized carbons (Fsp3) is 0.0714. The summed E-state index contributed by atoms with van der Waals surface area (Å²) in [7, 11) is 0. The minimum atomic E-state index is -0.879. The number of rotatable bonds is 4. The number of fused-ring (bicyclic) bond motifs is 1. The van der Waals surface area contributed by atoms with Crippen molar-refractivity contribution in [1.29, 1.82) is 0 Å². The van der Waals surface area contributed by atoms with Gasteiger partial charge in [0.05, 0.1) is 17.6 Å². The molecule has 0 fully saturated rings. The van der Waals surface area contributed by atoms with E-state index in [0.29, 0.717) is 10.8 Å². The van der Waals surface area contributed by atoms with Gasteiger partial charge in [0.2, 0.25) is 0 Å². The number of carbonyl (C=O) groups is 1. The molecule has 2 aromatic heterocycles. The molecule has 20 heavy (non-hydrogen) atoms. The van der Waals surface area contributed by atoms with Gasteiger partial charge < -0.3 is 10.4 Å². The fourth-order valence-electron chi connectivity index (χ4n) is 1.93. The highest BCUT2D eigenvalue weighted by molar-refractivity contribution is 7.13. The van der Waals surface area contributed by atoms with Crippen LogP contribution in [0.15, 0.2) is 41.9 Å². The van der Waals surface area contributed by atoms with Gasteiger partial charge in [-0.1, -0.05) is 6.07 Å². The van der Waals surface area contributed by atoms with E-state index in [9.17, 15) is 4.79 Å². The Kier molecular flexibility index (Phi) is 3.30. The Morgan fingerprint density at radius 1 is 1.30 bits per heavy atom. The number of nitrogens with one attached hydrogen (secondary N) is 1. The SMILES string of the molecule is O=C(O)Cc1csc(Nc2cccc3ncccc23)n1. The minimum absolute atomic E-state index is 0.0602. The predicted octanol–water partition coefficient (Wildman–Crippen LogP) is 3.06. The molecule has 0 atom stereocenters. The summed E-state index contributed by atoms with van der Waals surface area (Å²) in [5.41, 5.74) is 2.37. The molecule has 0 spiro atoms. The smallest absolute Gasteiger partial charge is 0.309 e. The second-order valence-corrected chi connectivity index (χ2v) is 5.07. The lowest BCUT2D eigenvalue weighted by molar-refractivity contribution is -0.136. The van der Waals surface area contributed by atoms with Gasteiger partial charge in [-0.25, -0.2) is 4.98 Å². The van der Waals surface area contributed by atoms with Gasteiger partial charge in [-0.05, 0) is 24.3 Å². The molecule has 0 amide bonds. The molecule has 2 N–H and O–H groups in total. The highest BCUT2D eigenvalue weighted by Crippen LogP contribution is 2.26. The molecule has 3 rings (SSSR count). The maximum atomic E-state index is 10.6. The van der Waals surface area contributed by atoms with Crippen molar-refractivity contribution in [2.75, 3.05) is 5.32 Å². The lowest BCUT2D eigenvalue weighted by atomic mass is 10.2. The highest BCUT2D eigenvalue weighted by Gasteiger charge is 2.07. The first-order valence-corrected chi connectivity index (χ1v) is 6.87. The third-order valence-corrected chi connectivity index (χ3v) is 3.58. The van der Waals surface area contributed by atoms with Gasteiger partial charge >= 0.3 is 5.97 Å². The van der Waals surface area contributed by atoms with Gasteiger partial charge in [0.25, 0.3) is 0 Å². The van der Waals surface area contributed by atoms with E-state index in [1.807, 2.05) is 30.3 Å². The summed E-state index contributed by atoms with van der Waals surface area (Å²) in [5.74, 6) is -0.879. The van der Waals surface area contributed by atoms with Gasteiger partial charge in [-0.2, -0.15) is 0 Å². The number of hydrogen-bond acceptors (Lipinski definition) is 5. The summed E-state index contributed by atoms with van der Waals surface area (Å²) in [4.78, 5) is 19.2. The molecule has 0 radical (unpaired) electrons. The van der Waals surface area contributed by atoms with Gasteiger partial charge in [-0.15, -0.1) is 11.3 Å². The van der Waals surface area contributed by atoms with Gasteiger partial charge in [0.1, 0.15) is 0 Å². The quantitative estimate of drug-likeness (QED) is 0.770. The molecule has 0 unspecified atom stereocenters. The van der Waals surface area contributed by atoms with Crippen LogP contribution in [-0.2, 0) is 11.2 Å². The second-order valence-electron chi connectivity index (χ2n) is 4.22. The van der Waals surface area contributed by atoms with Crippen molar-refractivity contribution >= 4 is 39.0 Å². The monoisotopic (exact) mass is 285 g/mol. The van der Waals surface area contributed by atoms with E-state index in [2.05, 4.69) is 15.3 Å². The second kappa shape index (κ2) is 5.26. The Balaban J connectivity index is 1.89. The Hall–Kier alpha value is -2.47. The lowest BCUT2D eigenvalue weighted by Gasteiger charge is -2.06. The molecule has 3 aromatic rings. The molecule has 2 heterocycles. The van der Waals surface area contributed by atoms with Crippen molar-refractivity contribution in [2.24, 2.45) is 0 Å². The molecule has 0 aliphatic carbocycles. The number of anilines is 2. The molecule has 0 aliphatic heterocycles. The molecule has 0 bridgehead atoms. The number of thiazole rings is 1. The summed E-state index contributed by atoms with van der Waals surface area (Å²) >= 11 is 1.39. The van der Waals surface area contributed by atoms with Crippen LogP contribution in [-0.4, -0.2) is 21.0 Å². The number of benzene rings is 1. The van der Waals surface area contributed by atoms with Gasteiger partial charge in [-0.3, -0.25) is 9.78 Å². The molecule has 1 aromatic carbocycles. The van der Waals surface area contributed by atoms with Crippen molar-refractivity contribution in [1.82, 2.24) is 9.97 Å². The first-order chi connectivity index (χ1) is 9.72. The van der Waals surface area contributed by atoms with Gasteiger partial charge in [0, 0.05) is 22.7 Å². The summed E-state index contributed by atoms with van der Waals surface area (Å²) in [6.45, 7) is 0. The molecule has 0 aliphatic rings. The van der Waals surface area contributed by atoms with Crippen LogP contribution in [0.25, 0.3) is 10.9 Å². The maximum Gasteiger partial charge on any atom is 0.309 e. The van der Waals surface area contributed by atoms with Crippen LogP contribution >= 0.6 is 11.3 Å². The van der Waals surface area contributed by atoms with Crippen molar-refractivity contribution in [3.8, 4) is 0 Å². The van der Waals surface area contributed by atoms with Crippen molar-refractivity contribution in [3.05, 3.63) is 47.6 Å². The Morgan fingerprint density at radius 3 is 3.05 bits per heavy atom. The standard InChI is InChI=1S/C14H11N3O2S/c18-13(19)7-9-8-20-14(16-9)17-12-5-1-4-11-10(12)3-2-6-15-11/h1-6,8H,7H2,(H,16,17)(H,18,19). The largest absolute Gasteiger partial charge is 0.481 e. The number of pyridine rings is 1. The van der Waals surface area contributed by atoms with E-state index in [1.54, 1.807) is 11.6 Å². The van der Waals surface area contributed by atoms with Crippen LogP contribution in [0.2, 0.25) is 0 Å².